The maximum absolute atomic E-state index is 12.3. The average molecular weight is 385 g/mol. The van der Waals surface area contributed by atoms with E-state index in [4.69, 9.17) is 9.15 Å². The summed E-state index contributed by atoms with van der Waals surface area (Å²) >= 11 is 2.88. The fraction of sp³-hybridized carbons (Fsp3) is 0.167. The number of fused-ring (bicyclic) bond motifs is 1. The number of hydrogen-bond donors (Lipinski definition) is 1. The van der Waals surface area contributed by atoms with Crippen LogP contribution in [0.1, 0.15) is 11.5 Å². The normalized spacial score (nSPS) is 11.0. The topological polar surface area (TPSA) is 77.2 Å². The minimum Gasteiger partial charge on any atom is -0.497 e. The molecule has 1 aromatic carbocycles. The molecule has 0 unspecified atom stereocenters. The third-order valence-electron chi connectivity index (χ3n) is 3.69. The van der Waals surface area contributed by atoms with Crippen molar-refractivity contribution in [3.8, 4) is 16.5 Å². The highest BCUT2D eigenvalue weighted by molar-refractivity contribution is 7.22. The van der Waals surface area contributed by atoms with Crippen LogP contribution in [0.4, 0.5) is 5.13 Å². The van der Waals surface area contributed by atoms with Gasteiger partial charge in [0.05, 0.1) is 29.4 Å². The highest BCUT2D eigenvalue weighted by Gasteiger charge is 2.13. The molecule has 0 atom stereocenters. The molecule has 4 rings (SSSR count). The van der Waals surface area contributed by atoms with Crippen molar-refractivity contribution in [2.45, 2.75) is 13.3 Å². The summed E-state index contributed by atoms with van der Waals surface area (Å²) in [5.74, 6) is 2.17. The van der Waals surface area contributed by atoms with Gasteiger partial charge >= 0.3 is 0 Å². The lowest BCUT2D eigenvalue weighted by Gasteiger charge is -1.98. The summed E-state index contributed by atoms with van der Waals surface area (Å²) < 4.78 is 11.7. The number of nitrogens with zero attached hydrogens (tertiary/aromatic N) is 2. The Bertz CT molecular complexity index is 1080. The van der Waals surface area contributed by atoms with Crippen LogP contribution in [-0.4, -0.2) is 23.0 Å². The third-order valence-corrected chi connectivity index (χ3v) is 5.53. The van der Waals surface area contributed by atoms with E-state index in [1.165, 1.54) is 22.7 Å². The van der Waals surface area contributed by atoms with Crippen LogP contribution in [0.2, 0.25) is 0 Å². The number of amides is 1. The number of nitrogens with one attached hydrogen (secondary N) is 1. The third kappa shape index (κ3) is 3.47. The predicted molar refractivity (Wildman–Crippen MR) is 103 cm³/mol. The standard InChI is InChI=1S/C18H15N3O3S2/c1-10-3-6-14(24-10)17-19-11(9-25-17)7-16(22)21-18-20-13-5-4-12(23-2)8-15(13)26-18/h3-6,8-9H,7H2,1-2H3,(H,20,21,22). The van der Waals surface area contributed by atoms with E-state index in [-0.39, 0.29) is 12.3 Å². The molecule has 3 heterocycles. The SMILES string of the molecule is COc1ccc2nc(NC(=O)Cc3csc(-c4ccc(C)o4)n3)sc2c1. The van der Waals surface area contributed by atoms with Crippen molar-refractivity contribution in [1.29, 1.82) is 0 Å². The van der Waals surface area contributed by atoms with E-state index in [9.17, 15) is 4.79 Å². The summed E-state index contributed by atoms with van der Waals surface area (Å²) in [5.41, 5.74) is 1.54. The van der Waals surface area contributed by atoms with E-state index in [2.05, 4.69) is 15.3 Å². The number of anilines is 1. The Hall–Kier alpha value is -2.71. The minimum atomic E-state index is -0.150. The largest absolute Gasteiger partial charge is 0.497 e. The van der Waals surface area contributed by atoms with Crippen molar-refractivity contribution >= 4 is 43.9 Å². The first-order valence-electron chi connectivity index (χ1n) is 7.86. The van der Waals surface area contributed by atoms with E-state index >= 15 is 0 Å². The fourth-order valence-corrected chi connectivity index (χ4v) is 4.15. The van der Waals surface area contributed by atoms with Crippen LogP contribution in [0.15, 0.2) is 40.1 Å². The van der Waals surface area contributed by atoms with E-state index in [0.29, 0.717) is 10.8 Å². The second kappa shape index (κ2) is 6.89. The maximum Gasteiger partial charge on any atom is 0.232 e. The Morgan fingerprint density at radius 1 is 1.27 bits per heavy atom. The highest BCUT2D eigenvalue weighted by Crippen LogP contribution is 2.29. The van der Waals surface area contributed by atoms with E-state index in [1.54, 1.807) is 7.11 Å². The zero-order chi connectivity index (χ0) is 18.1. The first-order valence-corrected chi connectivity index (χ1v) is 9.56. The van der Waals surface area contributed by atoms with Gasteiger partial charge in [-0.3, -0.25) is 4.79 Å². The molecule has 0 spiro atoms. The molecule has 0 radical (unpaired) electrons. The summed E-state index contributed by atoms with van der Waals surface area (Å²) in [6.07, 6.45) is 0.190. The second-order valence-electron chi connectivity index (χ2n) is 5.63. The maximum atomic E-state index is 12.3. The lowest BCUT2D eigenvalue weighted by atomic mass is 10.3. The number of aromatic nitrogens is 2. The first-order chi connectivity index (χ1) is 12.6. The average Bonchev–Trinajstić information content (AvgIpc) is 3.33. The van der Waals surface area contributed by atoms with Crippen molar-refractivity contribution in [1.82, 2.24) is 9.97 Å². The molecule has 0 aliphatic carbocycles. The molecule has 0 saturated carbocycles. The van der Waals surface area contributed by atoms with Crippen LogP contribution < -0.4 is 10.1 Å². The van der Waals surface area contributed by atoms with E-state index in [0.717, 1.165) is 32.5 Å². The monoisotopic (exact) mass is 385 g/mol. The summed E-state index contributed by atoms with van der Waals surface area (Å²) in [4.78, 5) is 21.2. The molecule has 132 valence electrons. The summed E-state index contributed by atoms with van der Waals surface area (Å²) in [7, 11) is 1.62. The van der Waals surface area contributed by atoms with Gasteiger partial charge in [-0.05, 0) is 37.3 Å². The zero-order valence-corrected chi connectivity index (χ0v) is 15.7. The van der Waals surface area contributed by atoms with Gasteiger partial charge in [0.15, 0.2) is 15.9 Å². The van der Waals surface area contributed by atoms with Crippen molar-refractivity contribution in [3.05, 3.63) is 47.2 Å². The number of rotatable bonds is 5. The zero-order valence-electron chi connectivity index (χ0n) is 14.1. The fourth-order valence-electron chi connectivity index (χ4n) is 2.46. The molecule has 0 fully saturated rings. The Kier molecular flexibility index (Phi) is 4.44. The molecule has 4 aromatic rings. The number of carbonyl (C=O) groups excluding carboxylic acids is 1. The van der Waals surface area contributed by atoms with Crippen molar-refractivity contribution < 1.29 is 13.9 Å². The number of ether oxygens (including phenoxy) is 1. The van der Waals surface area contributed by atoms with Gasteiger partial charge in [0, 0.05) is 5.38 Å². The molecular formula is C18H15N3O3S2. The number of methoxy groups -OCH3 is 1. The highest BCUT2D eigenvalue weighted by atomic mass is 32.1. The van der Waals surface area contributed by atoms with E-state index < -0.39 is 0 Å². The molecule has 26 heavy (non-hydrogen) atoms. The number of hydrogen-bond acceptors (Lipinski definition) is 7. The minimum absolute atomic E-state index is 0.150. The summed E-state index contributed by atoms with van der Waals surface area (Å²) in [5, 5.41) is 6.05. The van der Waals surface area contributed by atoms with Gasteiger partial charge in [-0.2, -0.15) is 0 Å². The number of thiazole rings is 2. The van der Waals surface area contributed by atoms with Crippen LogP contribution in [0.25, 0.3) is 21.0 Å². The number of furan rings is 1. The molecule has 8 heteroatoms. The molecule has 1 amide bonds. The van der Waals surface area contributed by atoms with Gasteiger partial charge < -0.3 is 14.5 Å². The Labute approximate surface area is 157 Å². The number of carbonyl (C=O) groups is 1. The Balaban J connectivity index is 1.45. The summed E-state index contributed by atoms with van der Waals surface area (Å²) in [6.45, 7) is 1.89. The number of benzene rings is 1. The van der Waals surface area contributed by atoms with Crippen molar-refractivity contribution in [2.24, 2.45) is 0 Å². The lowest BCUT2D eigenvalue weighted by Crippen LogP contribution is -2.14. The van der Waals surface area contributed by atoms with E-state index in [1.807, 2.05) is 42.6 Å². The molecule has 0 aliphatic rings. The van der Waals surface area contributed by atoms with Gasteiger partial charge in [0.1, 0.15) is 11.5 Å². The molecule has 3 aromatic heterocycles. The Morgan fingerprint density at radius 2 is 2.15 bits per heavy atom. The molecule has 6 nitrogen and oxygen atoms in total. The molecular weight excluding hydrogens is 370 g/mol. The quantitative estimate of drug-likeness (QED) is 0.547. The van der Waals surface area contributed by atoms with Gasteiger partial charge in [0.25, 0.3) is 0 Å². The van der Waals surface area contributed by atoms with Crippen LogP contribution in [0.5, 0.6) is 5.75 Å². The van der Waals surface area contributed by atoms with Gasteiger partial charge in [-0.1, -0.05) is 11.3 Å². The predicted octanol–water partition coefficient (Wildman–Crippen LogP) is 4.51. The van der Waals surface area contributed by atoms with Crippen LogP contribution >= 0.6 is 22.7 Å². The van der Waals surface area contributed by atoms with Crippen molar-refractivity contribution in [2.75, 3.05) is 12.4 Å². The van der Waals surface area contributed by atoms with Crippen molar-refractivity contribution in [3.63, 3.8) is 0 Å². The summed E-state index contributed by atoms with van der Waals surface area (Å²) in [6, 6.07) is 9.40. The lowest BCUT2D eigenvalue weighted by molar-refractivity contribution is -0.115. The Morgan fingerprint density at radius 3 is 2.92 bits per heavy atom. The molecule has 0 saturated heterocycles. The van der Waals surface area contributed by atoms with Crippen LogP contribution in [-0.2, 0) is 11.2 Å². The van der Waals surface area contributed by atoms with Gasteiger partial charge in [0.2, 0.25) is 5.91 Å². The van der Waals surface area contributed by atoms with Gasteiger partial charge in [-0.25, -0.2) is 9.97 Å². The number of aryl methyl sites for hydroxylation is 1. The van der Waals surface area contributed by atoms with Gasteiger partial charge in [-0.15, -0.1) is 11.3 Å². The smallest absolute Gasteiger partial charge is 0.232 e. The molecule has 1 N–H and O–H groups in total. The van der Waals surface area contributed by atoms with Crippen LogP contribution in [0, 0.1) is 6.92 Å². The van der Waals surface area contributed by atoms with Crippen LogP contribution in [0.3, 0.4) is 0 Å². The second-order valence-corrected chi connectivity index (χ2v) is 7.52. The molecule has 0 bridgehead atoms. The first kappa shape index (κ1) is 16.7. The molecule has 0 aliphatic heterocycles.